The van der Waals surface area contributed by atoms with Crippen molar-refractivity contribution in [1.82, 2.24) is 10.0 Å². The Hall–Kier alpha value is -2.48. The Morgan fingerprint density at radius 2 is 1.69 bits per heavy atom. The molecule has 2 aromatic carbocycles. The van der Waals surface area contributed by atoms with Crippen LogP contribution in [0.4, 0.5) is 10.1 Å². The van der Waals surface area contributed by atoms with Crippen LogP contribution in [-0.4, -0.2) is 48.1 Å². The van der Waals surface area contributed by atoms with Gasteiger partial charge in [-0.3, -0.25) is 9.59 Å². The summed E-state index contributed by atoms with van der Waals surface area (Å²) in [4.78, 5) is 27.8. The third-order valence-corrected chi connectivity index (χ3v) is 6.33. The lowest BCUT2D eigenvalue weighted by atomic mass is 9.90. The Kier molecular flexibility index (Phi) is 4.34. The smallest absolute Gasteiger partial charge is 0.253 e. The van der Waals surface area contributed by atoms with Crippen molar-refractivity contribution in [2.45, 2.75) is 18.5 Å². The number of carbonyl (C=O) groups is 2. The molecule has 0 unspecified atom stereocenters. The number of hydrogen-bond acceptors (Lipinski definition) is 5. The van der Waals surface area contributed by atoms with Gasteiger partial charge >= 0.3 is 0 Å². The molecule has 8 heteroatoms. The topological polar surface area (TPSA) is 53.1 Å². The second-order valence-electron chi connectivity index (χ2n) is 7.48. The summed E-state index contributed by atoms with van der Waals surface area (Å²) >= 11 is 5.77. The van der Waals surface area contributed by atoms with Crippen molar-refractivity contribution in [2.75, 3.05) is 25.1 Å². The number of ether oxygens (including phenoxy) is 1. The minimum atomic E-state index is -0.656. The molecule has 0 N–H and O–H groups in total. The summed E-state index contributed by atoms with van der Waals surface area (Å²) < 4.78 is 19.2. The molecule has 2 aromatic rings. The second-order valence-corrected chi connectivity index (χ2v) is 7.89. The Morgan fingerprint density at radius 3 is 2.34 bits per heavy atom. The molecule has 0 aliphatic carbocycles. The quantitative estimate of drug-likeness (QED) is 0.721. The number of rotatable bonds is 3. The average molecular weight is 416 g/mol. The Labute approximate surface area is 172 Å². The van der Waals surface area contributed by atoms with Gasteiger partial charge in [0.25, 0.3) is 5.91 Å². The molecule has 6 nitrogen and oxygen atoms in total. The van der Waals surface area contributed by atoms with Crippen molar-refractivity contribution in [3.8, 4) is 5.75 Å². The SMILES string of the molecule is COc1ccc([C@H]2[C@H]3C(=O)N(c4ccc(Cl)c(F)c4)C(=O)[C@H]3N3CCCN23)cc1. The Bertz CT molecular complexity index is 999. The fourth-order valence-electron chi connectivity index (χ4n) is 4.79. The average Bonchev–Trinajstić information content (AvgIpc) is 3.37. The number of hydrazine groups is 1. The van der Waals surface area contributed by atoms with E-state index in [0.29, 0.717) is 0 Å². The lowest BCUT2D eigenvalue weighted by molar-refractivity contribution is -0.126. The van der Waals surface area contributed by atoms with E-state index in [-0.39, 0.29) is 28.6 Å². The summed E-state index contributed by atoms with van der Waals surface area (Å²) in [5, 5.41) is 4.09. The number of halogens is 2. The van der Waals surface area contributed by atoms with E-state index in [0.717, 1.165) is 41.8 Å². The number of nitrogens with zero attached hydrogens (tertiary/aromatic N) is 3. The molecule has 3 heterocycles. The van der Waals surface area contributed by atoms with Gasteiger partial charge in [0.1, 0.15) is 17.6 Å². The largest absolute Gasteiger partial charge is 0.497 e. The molecule has 3 fully saturated rings. The fraction of sp³-hybridized carbons (Fsp3) is 0.333. The number of anilines is 1. The van der Waals surface area contributed by atoms with E-state index in [9.17, 15) is 14.0 Å². The number of fused-ring (bicyclic) bond motifs is 3. The summed E-state index contributed by atoms with van der Waals surface area (Å²) in [6.07, 6.45) is 0.924. The van der Waals surface area contributed by atoms with Crippen LogP contribution in [0.15, 0.2) is 42.5 Å². The predicted molar refractivity (Wildman–Crippen MR) is 105 cm³/mol. The third kappa shape index (κ3) is 2.68. The third-order valence-electron chi connectivity index (χ3n) is 6.02. The number of carbonyl (C=O) groups excluding carboxylic acids is 2. The highest BCUT2D eigenvalue weighted by Gasteiger charge is 2.62. The summed E-state index contributed by atoms with van der Waals surface area (Å²) in [6.45, 7) is 1.51. The van der Waals surface area contributed by atoms with Crippen molar-refractivity contribution in [3.63, 3.8) is 0 Å². The molecule has 3 aliphatic heterocycles. The van der Waals surface area contributed by atoms with Gasteiger partial charge in [0.2, 0.25) is 5.91 Å². The summed E-state index contributed by atoms with van der Waals surface area (Å²) in [6, 6.07) is 10.8. The van der Waals surface area contributed by atoms with Crippen LogP contribution in [0.1, 0.15) is 18.0 Å². The van der Waals surface area contributed by atoms with Gasteiger partial charge in [-0.25, -0.2) is 19.3 Å². The van der Waals surface area contributed by atoms with Crippen LogP contribution in [0.5, 0.6) is 5.75 Å². The molecule has 2 amide bonds. The molecule has 0 aromatic heterocycles. The van der Waals surface area contributed by atoms with Crippen molar-refractivity contribution in [2.24, 2.45) is 5.92 Å². The van der Waals surface area contributed by atoms with E-state index in [4.69, 9.17) is 16.3 Å². The highest BCUT2D eigenvalue weighted by atomic mass is 35.5. The highest BCUT2D eigenvalue weighted by molar-refractivity contribution is 6.31. The maximum absolute atomic E-state index is 14.0. The van der Waals surface area contributed by atoms with E-state index in [1.54, 1.807) is 7.11 Å². The van der Waals surface area contributed by atoms with Crippen molar-refractivity contribution < 1.29 is 18.7 Å². The first-order valence-electron chi connectivity index (χ1n) is 9.51. The highest BCUT2D eigenvalue weighted by Crippen LogP contribution is 2.49. The molecule has 150 valence electrons. The number of amides is 2. The van der Waals surface area contributed by atoms with E-state index >= 15 is 0 Å². The van der Waals surface area contributed by atoms with Gasteiger partial charge in [-0.1, -0.05) is 23.7 Å². The minimum Gasteiger partial charge on any atom is -0.497 e. The zero-order valence-electron chi connectivity index (χ0n) is 15.7. The van der Waals surface area contributed by atoms with E-state index in [2.05, 4.69) is 5.01 Å². The summed E-state index contributed by atoms with van der Waals surface area (Å²) in [5.41, 5.74) is 1.17. The van der Waals surface area contributed by atoms with Gasteiger partial charge in [0.15, 0.2) is 0 Å². The molecular weight excluding hydrogens is 397 g/mol. The summed E-state index contributed by atoms with van der Waals surface area (Å²) in [7, 11) is 1.60. The lowest BCUT2D eigenvalue weighted by Gasteiger charge is -2.29. The molecule has 3 aliphatic rings. The number of benzene rings is 2. The van der Waals surface area contributed by atoms with Crippen molar-refractivity contribution in [3.05, 3.63) is 58.9 Å². The second kappa shape index (κ2) is 6.79. The molecule has 0 bridgehead atoms. The van der Waals surface area contributed by atoms with E-state index in [1.807, 2.05) is 29.3 Å². The minimum absolute atomic E-state index is 0.0464. The van der Waals surface area contributed by atoms with Crippen LogP contribution in [0, 0.1) is 11.7 Å². The van der Waals surface area contributed by atoms with Crippen molar-refractivity contribution in [1.29, 1.82) is 0 Å². The van der Waals surface area contributed by atoms with E-state index in [1.165, 1.54) is 12.1 Å². The summed E-state index contributed by atoms with van der Waals surface area (Å²) in [5.74, 6) is -1.10. The van der Waals surface area contributed by atoms with Gasteiger partial charge < -0.3 is 4.74 Å². The normalized spacial score (nSPS) is 26.9. The monoisotopic (exact) mass is 415 g/mol. The lowest BCUT2D eigenvalue weighted by Crippen LogP contribution is -2.44. The van der Waals surface area contributed by atoms with Crippen LogP contribution in [0.2, 0.25) is 5.02 Å². The zero-order valence-corrected chi connectivity index (χ0v) is 16.5. The molecule has 0 spiro atoms. The molecule has 3 saturated heterocycles. The van der Waals surface area contributed by atoms with Gasteiger partial charge in [0, 0.05) is 13.1 Å². The van der Waals surface area contributed by atoms with Crippen LogP contribution < -0.4 is 9.64 Å². The molecule has 5 rings (SSSR count). The van der Waals surface area contributed by atoms with E-state index < -0.39 is 17.8 Å². The molecule has 0 saturated carbocycles. The van der Waals surface area contributed by atoms with Crippen LogP contribution in [0.25, 0.3) is 0 Å². The molecule has 3 atom stereocenters. The predicted octanol–water partition coefficient (Wildman–Crippen LogP) is 3.02. The number of hydrogen-bond donors (Lipinski definition) is 0. The van der Waals surface area contributed by atoms with Gasteiger partial charge in [0.05, 0.1) is 29.8 Å². The molecular formula is C21H19ClFN3O3. The first kappa shape index (κ1) is 18.5. The molecule has 29 heavy (non-hydrogen) atoms. The van der Waals surface area contributed by atoms with Crippen LogP contribution in [-0.2, 0) is 9.59 Å². The van der Waals surface area contributed by atoms with Gasteiger partial charge in [-0.2, -0.15) is 0 Å². The molecule has 0 radical (unpaired) electrons. The van der Waals surface area contributed by atoms with Crippen LogP contribution >= 0.6 is 11.6 Å². The zero-order chi connectivity index (χ0) is 20.3. The first-order valence-corrected chi connectivity index (χ1v) is 9.89. The fourth-order valence-corrected chi connectivity index (χ4v) is 4.91. The maximum Gasteiger partial charge on any atom is 0.253 e. The van der Waals surface area contributed by atoms with Gasteiger partial charge in [-0.05, 0) is 42.3 Å². The van der Waals surface area contributed by atoms with Crippen molar-refractivity contribution >= 4 is 29.1 Å². The number of methoxy groups -OCH3 is 1. The maximum atomic E-state index is 14.0. The van der Waals surface area contributed by atoms with Gasteiger partial charge in [-0.15, -0.1) is 0 Å². The number of imide groups is 1. The first-order chi connectivity index (χ1) is 14.0. The Balaban J connectivity index is 1.56. The standard InChI is InChI=1S/C21H19ClFN3O3/c1-29-14-6-3-12(4-7-14)18-17-19(25-10-2-9-24(18)25)21(28)26(20(17)27)13-5-8-15(22)16(23)11-13/h3-8,11,17-19H,2,9-10H2,1H3/t17-,18+,19+/m1/s1. The Morgan fingerprint density at radius 1 is 1.00 bits per heavy atom. The van der Waals surface area contributed by atoms with Crippen LogP contribution in [0.3, 0.4) is 0 Å².